The molecule has 214 valence electrons. The largest absolute Gasteiger partial charge is 0.458 e. The first-order valence-corrected chi connectivity index (χ1v) is 12.9. The summed E-state index contributed by atoms with van der Waals surface area (Å²) in [6.45, 7) is 2.66. The summed E-state index contributed by atoms with van der Waals surface area (Å²) in [4.78, 5) is 69.3. The molecule has 3 N–H and O–H groups in total. The number of non-ortho nitro benzene ring substituents is 1. The van der Waals surface area contributed by atoms with Crippen molar-refractivity contribution < 1.29 is 38.4 Å². The average molecular weight is 597 g/mol. The van der Waals surface area contributed by atoms with Gasteiger partial charge in [-0.25, -0.2) is 9.78 Å². The van der Waals surface area contributed by atoms with E-state index >= 15 is 0 Å². The standard InChI is InChI=1S/C23H25ClN6O9S/c1-23(2,21(34)38-9-12-4-6-13(7-5-12)30(35)36)39-29-18(15-11-40-22(26-15)27-16(31)8-24)20(33)28-17-14(10-37-3)25-19(17)32/h4-7,11,14,17H,8-10H2,1-3H3,(H,25,32)(H,28,33)(H,26,27,31)/b29-18-/t14-,17+/m1/s1. The first-order chi connectivity index (χ1) is 18.9. The molecule has 0 radical (unpaired) electrons. The molecule has 0 unspecified atom stereocenters. The minimum atomic E-state index is -1.69. The Hall–Kier alpha value is -4.15. The summed E-state index contributed by atoms with van der Waals surface area (Å²) in [6, 6.07) is 4.05. The van der Waals surface area contributed by atoms with E-state index in [0.29, 0.717) is 5.56 Å². The molecule has 0 bridgehead atoms. The fourth-order valence-electron chi connectivity index (χ4n) is 3.17. The number of nitro benzene ring substituents is 1. The molecule has 1 fully saturated rings. The van der Waals surface area contributed by atoms with Gasteiger partial charge in [0.2, 0.25) is 17.4 Å². The zero-order valence-corrected chi connectivity index (χ0v) is 23.0. The lowest BCUT2D eigenvalue weighted by atomic mass is 9.99. The maximum absolute atomic E-state index is 13.2. The Morgan fingerprint density at radius 3 is 2.58 bits per heavy atom. The molecule has 3 amide bonds. The number of carbonyl (C=O) groups is 4. The molecule has 2 heterocycles. The van der Waals surface area contributed by atoms with Crippen molar-refractivity contribution in [3.05, 3.63) is 51.0 Å². The number of halogens is 1. The van der Waals surface area contributed by atoms with Crippen LogP contribution >= 0.6 is 22.9 Å². The van der Waals surface area contributed by atoms with E-state index in [1.54, 1.807) is 0 Å². The van der Waals surface area contributed by atoms with Gasteiger partial charge in [0.1, 0.15) is 24.2 Å². The van der Waals surface area contributed by atoms with Gasteiger partial charge in [-0.2, -0.15) is 0 Å². The van der Waals surface area contributed by atoms with Crippen molar-refractivity contribution in [1.82, 2.24) is 15.6 Å². The predicted molar refractivity (Wildman–Crippen MR) is 142 cm³/mol. The van der Waals surface area contributed by atoms with Crippen molar-refractivity contribution in [3.63, 3.8) is 0 Å². The molecule has 1 aliphatic rings. The number of ether oxygens (including phenoxy) is 2. The quantitative estimate of drug-likeness (QED) is 0.0750. The summed E-state index contributed by atoms with van der Waals surface area (Å²) < 4.78 is 10.3. The maximum Gasteiger partial charge on any atom is 0.353 e. The summed E-state index contributed by atoms with van der Waals surface area (Å²) >= 11 is 6.49. The van der Waals surface area contributed by atoms with Crippen molar-refractivity contribution in [2.24, 2.45) is 5.16 Å². The van der Waals surface area contributed by atoms with Gasteiger partial charge in [0.15, 0.2) is 10.8 Å². The van der Waals surface area contributed by atoms with E-state index in [-0.39, 0.29) is 41.3 Å². The maximum atomic E-state index is 13.2. The van der Waals surface area contributed by atoms with Crippen LogP contribution in [0.25, 0.3) is 0 Å². The Morgan fingerprint density at radius 2 is 1.98 bits per heavy atom. The number of carbonyl (C=O) groups excluding carboxylic acids is 4. The molecule has 2 atom stereocenters. The van der Waals surface area contributed by atoms with Crippen LogP contribution in [0.4, 0.5) is 10.8 Å². The Balaban J connectivity index is 1.76. The van der Waals surface area contributed by atoms with Crippen molar-refractivity contribution in [2.75, 3.05) is 24.9 Å². The van der Waals surface area contributed by atoms with Crippen LogP contribution in [0, 0.1) is 10.1 Å². The normalized spacial score (nSPS) is 16.8. The summed E-state index contributed by atoms with van der Waals surface area (Å²) in [5, 5.41) is 23.8. The van der Waals surface area contributed by atoms with E-state index in [0.717, 1.165) is 11.3 Å². The van der Waals surface area contributed by atoms with E-state index in [4.69, 9.17) is 25.9 Å². The van der Waals surface area contributed by atoms with Gasteiger partial charge in [-0.3, -0.25) is 24.5 Å². The Kier molecular flexibility index (Phi) is 10.1. The first kappa shape index (κ1) is 30.4. The van der Waals surface area contributed by atoms with Gasteiger partial charge in [0.25, 0.3) is 11.6 Å². The molecule has 2 aromatic rings. The van der Waals surface area contributed by atoms with Crippen molar-refractivity contribution in [1.29, 1.82) is 0 Å². The summed E-state index contributed by atoms with van der Waals surface area (Å²) in [5.74, 6) is -2.95. The second kappa shape index (κ2) is 13.3. The van der Waals surface area contributed by atoms with Crippen LogP contribution in [0.1, 0.15) is 25.1 Å². The van der Waals surface area contributed by atoms with Crippen LogP contribution in [0.2, 0.25) is 0 Å². The number of nitro groups is 1. The fourth-order valence-corrected chi connectivity index (χ4v) is 3.94. The van der Waals surface area contributed by atoms with E-state index < -0.39 is 46.3 Å². The number of amides is 3. The first-order valence-electron chi connectivity index (χ1n) is 11.5. The number of β-lactam (4-membered cyclic amide) rings is 1. The number of benzene rings is 1. The molecule has 1 aliphatic heterocycles. The highest BCUT2D eigenvalue weighted by molar-refractivity contribution is 7.14. The van der Waals surface area contributed by atoms with E-state index in [2.05, 4.69) is 26.1 Å². The fraction of sp³-hybridized carbons (Fsp3) is 0.391. The zero-order chi connectivity index (χ0) is 29.4. The molecule has 0 saturated carbocycles. The molecule has 1 saturated heterocycles. The van der Waals surface area contributed by atoms with E-state index in [9.17, 15) is 29.3 Å². The number of hydrogen-bond acceptors (Lipinski definition) is 12. The number of methoxy groups -OCH3 is 1. The third-order valence-electron chi connectivity index (χ3n) is 5.35. The number of alkyl halides is 1. The number of hydrogen-bond donors (Lipinski definition) is 3. The molecular weight excluding hydrogens is 572 g/mol. The van der Waals surface area contributed by atoms with Gasteiger partial charge in [-0.05, 0) is 31.5 Å². The molecule has 1 aromatic heterocycles. The van der Waals surface area contributed by atoms with Crippen molar-refractivity contribution in [2.45, 2.75) is 38.1 Å². The van der Waals surface area contributed by atoms with E-state index in [1.807, 2.05) is 0 Å². The lowest BCUT2D eigenvalue weighted by molar-refractivity contribution is -0.384. The monoisotopic (exact) mass is 596 g/mol. The van der Waals surface area contributed by atoms with Gasteiger partial charge >= 0.3 is 5.97 Å². The second-order valence-corrected chi connectivity index (χ2v) is 9.91. The summed E-state index contributed by atoms with van der Waals surface area (Å²) in [5.41, 5.74) is -1.69. The summed E-state index contributed by atoms with van der Waals surface area (Å²) in [7, 11) is 1.44. The molecule has 0 aliphatic carbocycles. The van der Waals surface area contributed by atoms with Crippen LogP contribution in [-0.4, -0.2) is 76.6 Å². The third kappa shape index (κ3) is 7.71. The number of thiazole rings is 1. The number of aromatic nitrogens is 1. The number of esters is 1. The molecule has 40 heavy (non-hydrogen) atoms. The van der Waals surface area contributed by atoms with Gasteiger partial charge < -0.3 is 30.3 Å². The van der Waals surface area contributed by atoms with E-state index in [1.165, 1.54) is 50.6 Å². The molecule has 3 rings (SSSR count). The van der Waals surface area contributed by atoms with Crippen LogP contribution in [-0.2, 0) is 40.1 Å². The molecule has 15 nitrogen and oxygen atoms in total. The van der Waals surface area contributed by atoms with Gasteiger partial charge in [0.05, 0.1) is 17.6 Å². The van der Waals surface area contributed by atoms with Gasteiger partial charge in [-0.15, -0.1) is 22.9 Å². The SMILES string of the molecule is COC[C@H]1NC(=O)[C@H]1NC(=O)/C(=N\OC(C)(C)C(=O)OCc1ccc([N+](=O)[O-])cc1)c1csc(NC(=O)CCl)n1. The second-order valence-electron chi connectivity index (χ2n) is 8.78. The smallest absolute Gasteiger partial charge is 0.353 e. The lowest BCUT2D eigenvalue weighted by Crippen LogP contribution is -2.71. The van der Waals surface area contributed by atoms with Crippen LogP contribution in [0.3, 0.4) is 0 Å². The number of rotatable bonds is 13. The Bertz CT molecular complexity index is 1310. The molecular formula is C23H25ClN6O9S. The third-order valence-corrected chi connectivity index (χ3v) is 6.35. The minimum absolute atomic E-state index is 0.00885. The van der Waals surface area contributed by atoms with Crippen LogP contribution in [0.15, 0.2) is 34.8 Å². The van der Waals surface area contributed by atoms with Crippen molar-refractivity contribution in [3.8, 4) is 0 Å². The van der Waals surface area contributed by atoms with Crippen LogP contribution < -0.4 is 16.0 Å². The molecule has 0 spiro atoms. The summed E-state index contributed by atoms with van der Waals surface area (Å²) in [6.07, 6.45) is 0. The average Bonchev–Trinajstić information content (AvgIpc) is 3.38. The number of anilines is 1. The van der Waals surface area contributed by atoms with Crippen LogP contribution in [0.5, 0.6) is 0 Å². The highest BCUT2D eigenvalue weighted by Crippen LogP contribution is 2.20. The lowest BCUT2D eigenvalue weighted by Gasteiger charge is -2.36. The predicted octanol–water partition coefficient (Wildman–Crippen LogP) is 1.10. The van der Waals surface area contributed by atoms with Gasteiger partial charge in [0, 0.05) is 24.6 Å². The zero-order valence-electron chi connectivity index (χ0n) is 21.5. The van der Waals surface area contributed by atoms with Gasteiger partial charge in [-0.1, -0.05) is 5.16 Å². The number of nitrogens with one attached hydrogen (secondary N) is 3. The van der Waals surface area contributed by atoms with Crippen molar-refractivity contribution >= 4 is 63.2 Å². The Labute approximate surface area is 236 Å². The number of nitrogens with zero attached hydrogens (tertiary/aromatic N) is 3. The minimum Gasteiger partial charge on any atom is -0.458 e. The molecule has 1 aromatic carbocycles. The number of oxime groups is 1. The molecule has 17 heteroatoms. The highest BCUT2D eigenvalue weighted by atomic mass is 35.5. The highest BCUT2D eigenvalue weighted by Gasteiger charge is 2.41. The Morgan fingerprint density at radius 1 is 1.27 bits per heavy atom. The topological polar surface area (TPSA) is 200 Å².